The van der Waals surface area contributed by atoms with Crippen molar-refractivity contribution in [1.29, 1.82) is 5.41 Å². The Hall–Kier alpha value is -2.79. The predicted octanol–water partition coefficient (Wildman–Crippen LogP) is 3.57. The van der Waals surface area contributed by atoms with Gasteiger partial charge in [-0.25, -0.2) is 0 Å². The van der Waals surface area contributed by atoms with E-state index in [-0.39, 0.29) is 24.8 Å². The lowest BCUT2D eigenvalue weighted by Gasteiger charge is -2.20. The molecular formula is C22H26N2O3. The monoisotopic (exact) mass is 366 g/mol. The van der Waals surface area contributed by atoms with Crippen LogP contribution in [0.15, 0.2) is 54.6 Å². The summed E-state index contributed by atoms with van der Waals surface area (Å²) in [4.78, 5) is 22.9. The fourth-order valence-electron chi connectivity index (χ4n) is 2.96. The minimum Gasteiger partial charge on any atom is -0.481 e. The lowest BCUT2D eigenvalue weighted by atomic mass is 9.95. The molecule has 2 aromatic rings. The van der Waals surface area contributed by atoms with Gasteiger partial charge in [0.2, 0.25) is 0 Å². The van der Waals surface area contributed by atoms with Crippen molar-refractivity contribution >= 4 is 18.0 Å². The first-order valence-corrected chi connectivity index (χ1v) is 9.10. The molecule has 0 bridgehead atoms. The van der Waals surface area contributed by atoms with Crippen LogP contribution in [0.3, 0.4) is 0 Å². The van der Waals surface area contributed by atoms with Crippen LogP contribution >= 0.6 is 0 Å². The van der Waals surface area contributed by atoms with E-state index in [0.29, 0.717) is 12.8 Å². The summed E-state index contributed by atoms with van der Waals surface area (Å²) in [6.45, 7) is 1.82. The molecule has 2 atom stereocenters. The van der Waals surface area contributed by atoms with Crippen LogP contribution in [0.5, 0.6) is 0 Å². The summed E-state index contributed by atoms with van der Waals surface area (Å²) in [5.41, 5.74) is 3.36. The summed E-state index contributed by atoms with van der Waals surface area (Å²) in [6.07, 6.45) is 2.26. The first kappa shape index (κ1) is 20.5. The van der Waals surface area contributed by atoms with E-state index in [1.165, 1.54) is 0 Å². The summed E-state index contributed by atoms with van der Waals surface area (Å²) in [5.74, 6) is -1.41. The van der Waals surface area contributed by atoms with Crippen molar-refractivity contribution in [1.82, 2.24) is 5.32 Å². The first-order valence-electron chi connectivity index (χ1n) is 9.10. The second-order valence-corrected chi connectivity index (χ2v) is 6.77. The molecule has 27 heavy (non-hydrogen) atoms. The van der Waals surface area contributed by atoms with Crippen molar-refractivity contribution < 1.29 is 14.7 Å². The third kappa shape index (κ3) is 6.79. The minimum absolute atomic E-state index is 0.0718. The molecule has 2 aromatic carbocycles. The van der Waals surface area contributed by atoms with Gasteiger partial charge >= 0.3 is 5.97 Å². The molecule has 0 aromatic heterocycles. The van der Waals surface area contributed by atoms with Crippen molar-refractivity contribution in [3.05, 3.63) is 60.2 Å². The smallest absolute Gasteiger partial charge is 0.306 e. The maximum absolute atomic E-state index is 11.7. The molecule has 0 spiro atoms. The van der Waals surface area contributed by atoms with Crippen LogP contribution in [0.4, 0.5) is 0 Å². The molecule has 5 nitrogen and oxygen atoms in total. The van der Waals surface area contributed by atoms with Gasteiger partial charge in [-0.2, -0.15) is 0 Å². The molecule has 0 saturated heterocycles. The van der Waals surface area contributed by atoms with E-state index in [1.54, 1.807) is 6.92 Å². The number of carbonyl (C=O) groups is 2. The Bertz CT molecular complexity index is 757. The van der Waals surface area contributed by atoms with E-state index in [1.807, 2.05) is 30.3 Å². The van der Waals surface area contributed by atoms with Crippen LogP contribution in [0.25, 0.3) is 11.1 Å². The highest BCUT2D eigenvalue weighted by Crippen LogP contribution is 2.20. The van der Waals surface area contributed by atoms with Gasteiger partial charge in [0.15, 0.2) is 5.78 Å². The Morgan fingerprint density at radius 3 is 2.30 bits per heavy atom. The molecule has 0 heterocycles. The standard InChI is InChI=1S/C22H26N2O3/c1-16(22(26)27)13-20(24-15-21(25)11-12-23)14-17-7-9-19(10-8-17)18-5-3-2-4-6-18/h2-10,12,16,20,23-24H,11,13-15H2,1H3,(H,26,27). The van der Waals surface area contributed by atoms with Crippen LogP contribution in [0.2, 0.25) is 0 Å². The van der Waals surface area contributed by atoms with Crippen LogP contribution in [0.1, 0.15) is 25.3 Å². The number of hydrogen-bond donors (Lipinski definition) is 3. The summed E-state index contributed by atoms with van der Waals surface area (Å²) >= 11 is 0. The number of rotatable bonds is 11. The molecule has 0 fully saturated rings. The van der Waals surface area contributed by atoms with Crippen LogP contribution < -0.4 is 5.32 Å². The summed E-state index contributed by atoms with van der Waals surface area (Å²) in [5, 5.41) is 19.4. The number of carboxylic acid groups (broad SMARTS) is 1. The molecule has 0 radical (unpaired) electrons. The van der Waals surface area contributed by atoms with E-state index >= 15 is 0 Å². The lowest BCUT2D eigenvalue weighted by Crippen LogP contribution is -2.37. The van der Waals surface area contributed by atoms with Crippen molar-refractivity contribution in [2.45, 2.75) is 32.2 Å². The maximum Gasteiger partial charge on any atom is 0.306 e. The molecule has 0 aliphatic carbocycles. The molecule has 0 saturated carbocycles. The Morgan fingerprint density at radius 2 is 1.70 bits per heavy atom. The third-order valence-corrected chi connectivity index (χ3v) is 4.52. The van der Waals surface area contributed by atoms with Gasteiger partial charge in [0.05, 0.1) is 12.5 Å². The number of Topliss-reactive ketones (excluding diaryl/α,β-unsaturated/α-hetero) is 1. The highest BCUT2D eigenvalue weighted by atomic mass is 16.4. The maximum atomic E-state index is 11.7. The number of carbonyl (C=O) groups excluding carboxylic acids is 1. The highest BCUT2D eigenvalue weighted by Gasteiger charge is 2.19. The largest absolute Gasteiger partial charge is 0.481 e. The van der Waals surface area contributed by atoms with Crippen molar-refractivity contribution in [2.75, 3.05) is 6.54 Å². The molecule has 0 aliphatic heterocycles. The van der Waals surface area contributed by atoms with Gasteiger partial charge in [-0.3, -0.25) is 9.59 Å². The second kappa shape index (κ2) is 10.4. The molecule has 2 rings (SSSR count). The predicted molar refractivity (Wildman–Crippen MR) is 107 cm³/mol. The Balaban J connectivity index is 2.05. The fraction of sp³-hybridized carbons (Fsp3) is 0.318. The molecule has 2 unspecified atom stereocenters. The normalized spacial score (nSPS) is 12.9. The first-order chi connectivity index (χ1) is 13.0. The fourth-order valence-corrected chi connectivity index (χ4v) is 2.96. The van der Waals surface area contributed by atoms with E-state index in [2.05, 4.69) is 29.6 Å². The number of aliphatic carboxylic acids is 1. The van der Waals surface area contributed by atoms with Gasteiger partial charge in [0, 0.05) is 18.7 Å². The van der Waals surface area contributed by atoms with Crippen molar-refractivity contribution in [3.8, 4) is 11.1 Å². The number of hydrogen-bond acceptors (Lipinski definition) is 4. The van der Waals surface area contributed by atoms with Crippen LogP contribution in [0, 0.1) is 11.3 Å². The Kier molecular flexibility index (Phi) is 7.89. The average Bonchev–Trinajstić information content (AvgIpc) is 2.67. The quantitative estimate of drug-likeness (QED) is 0.530. The van der Waals surface area contributed by atoms with Gasteiger partial charge in [-0.15, -0.1) is 0 Å². The van der Waals surface area contributed by atoms with Gasteiger partial charge in [0.25, 0.3) is 0 Å². The van der Waals surface area contributed by atoms with Gasteiger partial charge in [-0.05, 0) is 29.5 Å². The van der Waals surface area contributed by atoms with E-state index in [4.69, 9.17) is 5.41 Å². The summed E-state index contributed by atoms with van der Waals surface area (Å²) in [7, 11) is 0. The molecule has 0 aliphatic rings. The van der Waals surface area contributed by atoms with E-state index < -0.39 is 11.9 Å². The molecule has 142 valence electrons. The summed E-state index contributed by atoms with van der Waals surface area (Å²) < 4.78 is 0. The molecule has 3 N–H and O–H groups in total. The van der Waals surface area contributed by atoms with Crippen LogP contribution in [-0.4, -0.2) is 35.7 Å². The van der Waals surface area contributed by atoms with Crippen molar-refractivity contribution in [3.63, 3.8) is 0 Å². The van der Waals surface area contributed by atoms with Gasteiger partial charge in [0.1, 0.15) is 0 Å². The molecule has 5 heteroatoms. The number of carboxylic acids is 1. The third-order valence-electron chi connectivity index (χ3n) is 4.52. The van der Waals surface area contributed by atoms with Crippen LogP contribution in [-0.2, 0) is 16.0 Å². The zero-order valence-corrected chi connectivity index (χ0v) is 15.5. The van der Waals surface area contributed by atoms with Crippen molar-refractivity contribution in [2.24, 2.45) is 5.92 Å². The molecule has 0 amide bonds. The number of benzene rings is 2. The lowest BCUT2D eigenvalue weighted by molar-refractivity contribution is -0.141. The Morgan fingerprint density at radius 1 is 1.07 bits per heavy atom. The number of nitrogens with one attached hydrogen (secondary N) is 2. The average molecular weight is 366 g/mol. The van der Waals surface area contributed by atoms with E-state index in [9.17, 15) is 14.7 Å². The SMILES string of the molecule is CC(CC(Cc1ccc(-c2ccccc2)cc1)NCC(=O)CC=N)C(=O)O. The zero-order valence-electron chi connectivity index (χ0n) is 15.5. The Labute approximate surface area is 159 Å². The second-order valence-electron chi connectivity index (χ2n) is 6.77. The van der Waals surface area contributed by atoms with E-state index in [0.717, 1.165) is 22.9 Å². The highest BCUT2D eigenvalue weighted by molar-refractivity contribution is 5.91. The molecular weight excluding hydrogens is 340 g/mol. The summed E-state index contributed by atoms with van der Waals surface area (Å²) in [6, 6.07) is 18.2. The number of ketones is 1. The zero-order chi connectivity index (χ0) is 19.6. The minimum atomic E-state index is -0.841. The van der Waals surface area contributed by atoms with Gasteiger partial charge < -0.3 is 15.8 Å². The topological polar surface area (TPSA) is 90.3 Å². The van der Waals surface area contributed by atoms with Gasteiger partial charge in [-0.1, -0.05) is 61.5 Å².